The lowest BCUT2D eigenvalue weighted by Gasteiger charge is -2.15. The lowest BCUT2D eigenvalue weighted by atomic mass is 10.1. The van der Waals surface area contributed by atoms with E-state index in [2.05, 4.69) is 4.74 Å². The predicted molar refractivity (Wildman–Crippen MR) is 49.2 cm³/mol. The summed E-state index contributed by atoms with van der Waals surface area (Å²) in [4.78, 5) is 0. The summed E-state index contributed by atoms with van der Waals surface area (Å²) in [5.41, 5.74) is 1.21. The van der Waals surface area contributed by atoms with E-state index in [1.54, 1.807) is 13.0 Å². The third kappa shape index (κ3) is 3.04. The average molecular weight is 220 g/mol. The molecule has 0 N–H and O–H groups in total. The number of rotatable bonds is 2. The van der Waals surface area contributed by atoms with Gasteiger partial charge >= 0.3 is 6.36 Å². The van der Waals surface area contributed by atoms with Crippen LogP contribution in [0, 0.1) is 13.8 Å². The molecule has 0 aliphatic heterocycles. The molecule has 0 aliphatic carbocycles. The van der Waals surface area contributed by atoms with Crippen molar-refractivity contribution in [1.82, 2.24) is 0 Å². The summed E-state index contributed by atoms with van der Waals surface area (Å²) < 4.78 is 44.9. The van der Waals surface area contributed by atoms with E-state index < -0.39 is 6.36 Å². The number of ether oxygens (including phenoxy) is 2. The molecule has 1 aromatic rings. The molecule has 1 rings (SSSR count). The van der Waals surface area contributed by atoms with Crippen LogP contribution in [0.4, 0.5) is 13.2 Å². The second-order valence-electron chi connectivity index (χ2n) is 3.16. The maximum atomic E-state index is 12.1. The summed E-state index contributed by atoms with van der Waals surface area (Å²) in [5.74, 6) is -0.194. The first kappa shape index (κ1) is 11.7. The van der Waals surface area contributed by atoms with E-state index in [0.717, 1.165) is 5.56 Å². The molecule has 0 bridgehead atoms. The van der Waals surface area contributed by atoms with Crippen molar-refractivity contribution in [3.05, 3.63) is 23.3 Å². The normalized spacial score (nSPS) is 11.3. The molecule has 0 spiro atoms. The van der Waals surface area contributed by atoms with Crippen LogP contribution in [0.3, 0.4) is 0 Å². The third-order valence-electron chi connectivity index (χ3n) is 1.82. The minimum atomic E-state index is -4.70. The Morgan fingerprint density at radius 2 is 1.73 bits per heavy atom. The molecule has 0 amide bonds. The molecule has 0 saturated heterocycles. The Hall–Kier alpha value is -1.39. The zero-order valence-corrected chi connectivity index (χ0v) is 8.61. The monoisotopic (exact) mass is 220 g/mol. The van der Waals surface area contributed by atoms with Gasteiger partial charge in [-0.3, -0.25) is 0 Å². The summed E-state index contributed by atoms with van der Waals surface area (Å²) in [6.45, 7) is 3.31. The van der Waals surface area contributed by atoms with Crippen molar-refractivity contribution in [2.45, 2.75) is 20.2 Å². The van der Waals surface area contributed by atoms with Gasteiger partial charge in [-0.1, -0.05) is 6.07 Å². The summed E-state index contributed by atoms with van der Waals surface area (Å²) in [6, 6.07) is 3.09. The first-order valence-electron chi connectivity index (χ1n) is 4.24. The number of halogens is 3. The van der Waals surface area contributed by atoms with Crippen LogP contribution in [0.5, 0.6) is 11.5 Å². The van der Waals surface area contributed by atoms with Crippen molar-refractivity contribution >= 4 is 0 Å². The van der Waals surface area contributed by atoms with E-state index in [1.165, 1.54) is 20.1 Å². The van der Waals surface area contributed by atoms with E-state index in [4.69, 9.17) is 4.74 Å². The molecule has 5 heteroatoms. The molecule has 0 aromatic heterocycles. The Kier molecular flexibility index (Phi) is 3.12. The topological polar surface area (TPSA) is 18.5 Å². The quantitative estimate of drug-likeness (QED) is 0.761. The summed E-state index contributed by atoms with van der Waals surface area (Å²) in [6.07, 6.45) is -4.70. The molecule has 15 heavy (non-hydrogen) atoms. The molecule has 0 saturated carbocycles. The van der Waals surface area contributed by atoms with Crippen LogP contribution in [0.15, 0.2) is 12.1 Å². The highest BCUT2D eigenvalue weighted by Crippen LogP contribution is 2.35. The smallest absolute Gasteiger partial charge is 0.493 e. The van der Waals surface area contributed by atoms with Crippen molar-refractivity contribution in [3.63, 3.8) is 0 Å². The van der Waals surface area contributed by atoms with Crippen LogP contribution in [0.2, 0.25) is 0 Å². The van der Waals surface area contributed by atoms with Crippen LogP contribution in [0.25, 0.3) is 0 Å². The van der Waals surface area contributed by atoms with Crippen LogP contribution < -0.4 is 9.47 Å². The van der Waals surface area contributed by atoms with Gasteiger partial charge in [-0.05, 0) is 31.0 Å². The van der Waals surface area contributed by atoms with Crippen LogP contribution in [0.1, 0.15) is 11.1 Å². The number of aryl methyl sites for hydroxylation is 2. The van der Waals surface area contributed by atoms with Gasteiger partial charge in [-0.15, -0.1) is 13.2 Å². The highest BCUT2D eigenvalue weighted by atomic mass is 19.4. The number of hydrogen-bond acceptors (Lipinski definition) is 2. The van der Waals surface area contributed by atoms with E-state index in [0.29, 0.717) is 5.56 Å². The van der Waals surface area contributed by atoms with Gasteiger partial charge in [0.05, 0.1) is 7.11 Å². The van der Waals surface area contributed by atoms with E-state index in [9.17, 15) is 13.2 Å². The van der Waals surface area contributed by atoms with Gasteiger partial charge in [0.25, 0.3) is 0 Å². The molecule has 0 fully saturated rings. The van der Waals surface area contributed by atoms with E-state index >= 15 is 0 Å². The fourth-order valence-corrected chi connectivity index (χ4v) is 1.31. The maximum Gasteiger partial charge on any atom is 0.573 e. The third-order valence-corrected chi connectivity index (χ3v) is 1.82. The zero-order valence-electron chi connectivity index (χ0n) is 8.61. The van der Waals surface area contributed by atoms with Crippen molar-refractivity contribution in [3.8, 4) is 11.5 Å². The number of methoxy groups -OCH3 is 1. The largest absolute Gasteiger partial charge is 0.573 e. The molecule has 0 atom stereocenters. The van der Waals surface area contributed by atoms with Crippen LogP contribution in [-0.2, 0) is 0 Å². The Balaban J connectivity index is 3.15. The second-order valence-corrected chi connectivity index (χ2v) is 3.16. The minimum Gasteiger partial charge on any atom is -0.493 e. The van der Waals surface area contributed by atoms with Crippen LogP contribution >= 0.6 is 0 Å². The van der Waals surface area contributed by atoms with Gasteiger partial charge in [-0.2, -0.15) is 0 Å². The van der Waals surface area contributed by atoms with Crippen molar-refractivity contribution in [2.24, 2.45) is 0 Å². The molecule has 0 aliphatic rings. The minimum absolute atomic E-state index is 0.0878. The number of benzene rings is 1. The zero-order chi connectivity index (χ0) is 11.6. The molecular weight excluding hydrogens is 209 g/mol. The lowest BCUT2D eigenvalue weighted by Crippen LogP contribution is -2.18. The molecule has 84 valence electrons. The molecule has 0 unspecified atom stereocenters. The number of hydrogen-bond donors (Lipinski definition) is 0. The SMILES string of the molecule is COc1cc(C)cc(C)c1OC(F)(F)F. The summed E-state index contributed by atoms with van der Waals surface area (Å²) >= 11 is 0. The van der Waals surface area contributed by atoms with Crippen molar-refractivity contribution < 1.29 is 22.6 Å². The van der Waals surface area contributed by atoms with Crippen molar-refractivity contribution in [1.29, 1.82) is 0 Å². The standard InChI is InChI=1S/C10H11F3O2/c1-6-4-7(2)9(8(5-6)14-3)15-10(11,12)13/h4-5H,1-3H3. The summed E-state index contributed by atoms with van der Waals surface area (Å²) in [5, 5.41) is 0. The summed E-state index contributed by atoms with van der Waals surface area (Å²) in [7, 11) is 1.30. The van der Waals surface area contributed by atoms with Gasteiger partial charge in [0.15, 0.2) is 11.5 Å². The number of alkyl halides is 3. The molecular formula is C10H11F3O2. The van der Waals surface area contributed by atoms with E-state index in [-0.39, 0.29) is 11.5 Å². The molecule has 0 heterocycles. The van der Waals surface area contributed by atoms with E-state index in [1.807, 2.05) is 0 Å². The predicted octanol–water partition coefficient (Wildman–Crippen LogP) is 3.21. The Labute approximate surface area is 85.6 Å². The molecule has 0 radical (unpaired) electrons. The van der Waals surface area contributed by atoms with Crippen molar-refractivity contribution in [2.75, 3.05) is 7.11 Å². The van der Waals surface area contributed by atoms with Gasteiger partial charge in [0.1, 0.15) is 0 Å². The van der Waals surface area contributed by atoms with Gasteiger partial charge in [0.2, 0.25) is 0 Å². The second kappa shape index (κ2) is 4.00. The molecule has 1 aromatic carbocycles. The Bertz CT molecular complexity index is 358. The highest BCUT2D eigenvalue weighted by Gasteiger charge is 2.33. The first-order chi connectivity index (χ1) is 6.83. The first-order valence-corrected chi connectivity index (χ1v) is 4.24. The maximum absolute atomic E-state index is 12.1. The average Bonchev–Trinajstić information content (AvgIpc) is 2.07. The fraction of sp³-hybridized carbons (Fsp3) is 0.400. The lowest BCUT2D eigenvalue weighted by molar-refractivity contribution is -0.275. The highest BCUT2D eigenvalue weighted by molar-refractivity contribution is 5.48. The van der Waals surface area contributed by atoms with Gasteiger partial charge < -0.3 is 9.47 Å². The Morgan fingerprint density at radius 3 is 2.20 bits per heavy atom. The Morgan fingerprint density at radius 1 is 1.13 bits per heavy atom. The van der Waals surface area contributed by atoms with Gasteiger partial charge in [-0.25, -0.2) is 0 Å². The molecule has 2 nitrogen and oxygen atoms in total. The van der Waals surface area contributed by atoms with Gasteiger partial charge in [0, 0.05) is 0 Å². The van der Waals surface area contributed by atoms with Crippen LogP contribution in [-0.4, -0.2) is 13.5 Å². The fourth-order valence-electron chi connectivity index (χ4n) is 1.31.